The molecule has 0 saturated carbocycles. The van der Waals surface area contributed by atoms with E-state index in [-0.39, 0.29) is 6.54 Å². The molecule has 4 nitrogen and oxygen atoms in total. The van der Waals surface area contributed by atoms with E-state index < -0.39 is 12.8 Å². The quantitative estimate of drug-likeness (QED) is 0.607. The van der Waals surface area contributed by atoms with Gasteiger partial charge in [0.2, 0.25) is 0 Å². The summed E-state index contributed by atoms with van der Waals surface area (Å²) in [5.41, 5.74) is 3.02. The third kappa shape index (κ3) is 4.30. The van der Waals surface area contributed by atoms with E-state index >= 15 is 0 Å². The fourth-order valence-electron chi connectivity index (χ4n) is 1.05. The lowest BCUT2D eigenvalue weighted by Crippen LogP contribution is -2.25. The van der Waals surface area contributed by atoms with E-state index in [1.165, 1.54) is 0 Å². The first-order valence-electron chi connectivity index (χ1n) is 4.45. The second-order valence-electron chi connectivity index (χ2n) is 2.86. The molecular formula is C8H12F3N3O. The summed E-state index contributed by atoms with van der Waals surface area (Å²) in [5, 5.41) is 3.96. The van der Waals surface area contributed by atoms with E-state index in [4.69, 9.17) is 0 Å². The molecule has 7 heteroatoms. The van der Waals surface area contributed by atoms with Crippen LogP contribution in [0.5, 0.6) is 0 Å². The highest BCUT2D eigenvalue weighted by atomic mass is 19.4. The van der Waals surface area contributed by atoms with Crippen LogP contribution in [0.2, 0.25) is 0 Å². The van der Waals surface area contributed by atoms with Gasteiger partial charge in [0.05, 0.1) is 12.2 Å². The third-order valence-corrected chi connectivity index (χ3v) is 1.70. The number of rotatable bonds is 5. The van der Waals surface area contributed by atoms with Crippen molar-refractivity contribution < 1.29 is 18.0 Å². The lowest BCUT2D eigenvalue weighted by molar-refractivity contribution is -0.190. The van der Waals surface area contributed by atoms with Crippen LogP contribution in [0.15, 0.2) is 12.3 Å². The maximum absolute atomic E-state index is 11.7. The number of nitrogens with zero attached hydrogens (tertiary/aromatic N) is 2. The molecule has 0 aromatic carbocycles. The number of hydrogen-bond acceptors (Lipinski definition) is 3. The first-order chi connectivity index (χ1) is 7.03. The largest absolute Gasteiger partial charge is 0.413 e. The number of alkyl halides is 3. The van der Waals surface area contributed by atoms with E-state index in [2.05, 4.69) is 15.4 Å². The van der Waals surface area contributed by atoms with Crippen molar-refractivity contribution in [2.24, 2.45) is 0 Å². The highest BCUT2D eigenvalue weighted by Crippen LogP contribution is 2.13. The molecule has 0 bridgehead atoms. The van der Waals surface area contributed by atoms with Gasteiger partial charge in [-0.3, -0.25) is 9.52 Å². The number of aryl methyl sites for hydroxylation is 1. The molecule has 0 saturated heterocycles. The van der Waals surface area contributed by atoms with E-state index in [0.29, 0.717) is 6.54 Å². The maximum atomic E-state index is 11.7. The van der Waals surface area contributed by atoms with Crippen molar-refractivity contribution in [1.82, 2.24) is 15.3 Å². The molecule has 1 N–H and O–H groups in total. The highest BCUT2D eigenvalue weighted by molar-refractivity contribution is 4.99. The SMILES string of the molecule is CCn1nccc1CNOCC(F)(F)F. The Hall–Kier alpha value is -1.08. The van der Waals surface area contributed by atoms with Crippen LogP contribution in [0.25, 0.3) is 0 Å². The summed E-state index contributed by atoms with van der Waals surface area (Å²) < 4.78 is 36.7. The Morgan fingerprint density at radius 1 is 1.53 bits per heavy atom. The molecule has 1 aromatic rings. The zero-order valence-electron chi connectivity index (χ0n) is 8.21. The van der Waals surface area contributed by atoms with Crippen molar-refractivity contribution in [3.8, 4) is 0 Å². The molecule has 1 aromatic heterocycles. The molecule has 0 aliphatic carbocycles. The second kappa shape index (κ2) is 5.13. The van der Waals surface area contributed by atoms with Gasteiger partial charge in [-0.15, -0.1) is 0 Å². The molecule has 0 radical (unpaired) electrons. The summed E-state index contributed by atoms with van der Waals surface area (Å²) in [6.07, 6.45) is -2.72. The molecule has 1 heterocycles. The standard InChI is InChI=1S/C8H12F3N3O/c1-2-14-7(3-4-12-14)5-13-15-6-8(9,10)11/h3-4,13H,2,5-6H2,1H3. The third-order valence-electron chi connectivity index (χ3n) is 1.70. The molecule has 0 amide bonds. The van der Waals surface area contributed by atoms with Gasteiger partial charge < -0.3 is 0 Å². The van der Waals surface area contributed by atoms with Crippen LogP contribution < -0.4 is 5.48 Å². The minimum atomic E-state index is -4.31. The molecule has 0 aliphatic heterocycles. The van der Waals surface area contributed by atoms with Crippen LogP contribution >= 0.6 is 0 Å². The van der Waals surface area contributed by atoms with Gasteiger partial charge in [0.15, 0.2) is 6.61 Å². The Kier molecular flexibility index (Phi) is 4.10. The molecular weight excluding hydrogens is 211 g/mol. The minimum Gasteiger partial charge on any atom is -0.292 e. The smallest absolute Gasteiger partial charge is 0.292 e. The minimum absolute atomic E-state index is 0.198. The first kappa shape index (κ1) is 12.0. The average Bonchev–Trinajstić information content (AvgIpc) is 2.58. The van der Waals surface area contributed by atoms with Gasteiger partial charge >= 0.3 is 6.18 Å². The topological polar surface area (TPSA) is 39.1 Å². The van der Waals surface area contributed by atoms with Crippen molar-refractivity contribution in [3.63, 3.8) is 0 Å². The maximum Gasteiger partial charge on any atom is 0.413 e. The van der Waals surface area contributed by atoms with Crippen LogP contribution in [-0.2, 0) is 17.9 Å². The van der Waals surface area contributed by atoms with Crippen LogP contribution in [0.4, 0.5) is 13.2 Å². The first-order valence-corrected chi connectivity index (χ1v) is 4.45. The van der Waals surface area contributed by atoms with Gasteiger partial charge in [-0.1, -0.05) is 0 Å². The summed E-state index contributed by atoms with van der Waals surface area (Å²) in [6, 6.07) is 1.72. The van der Waals surface area contributed by atoms with E-state index in [1.807, 2.05) is 6.92 Å². The Morgan fingerprint density at radius 3 is 2.87 bits per heavy atom. The summed E-state index contributed by atoms with van der Waals surface area (Å²) in [6.45, 7) is 1.47. The Bertz CT molecular complexity index is 298. The van der Waals surface area contributed by atoms with Crippen molar-refractivity contribution in [1.29, 1.82) is 0 Å². The van der Waals surface area contributed by atoms with E-state index in [1.54, 1.807) is 16.9 Å². The summed E-state index contributed by atoms with van der Waals surface area (Å²) in [5.74, 6) is 0. The summed E-state index contributed by atoms with van der Waals surface area (Å²) in [7, 11) is 0. The average molecular weight is 223 g/mol. The number of hydrogen-bond donors (Lipinski definition) is 1. The molecule has 0 atom stereocenters. The molecule has 15 heavy (non-hydrogen) atoms. The summed E-state index contributed by atoms with van der Waals surface area (Å²) >= 11 is 0. The number of hydroxylamine groups is 1. The molecule has 0 unspecified atom stereocenters. The predicted molar refractivity (Wildman–Crippen MR) is 46.7 cm³/mol. The van der Waals surface area contributed by atoms with Gasteiger partial charge in [-0.25, -0.2) is 0 Å². The van der Waals surface area contributed by atoms with Gasteiger partial charge in [-0.2, -0.15) is 23.8 Å². The van der Waals surface area contributed by atoms with Crippen LogP contribution in [0, 0.1) is 0 Å². The monoisotopic (exact) mass is 223 g/mol. The molecule has 0 aliphatic rings. The fraction of sp³-hybridized carbons (Fsp3) is 0.625. The Morgan fingerprint density at radius 2 is 2.27 bits per heavy atom. The zero-order valence-corrected chi connectivity index (χ0v) is 8.21. The van der Waals surface area contributed by atoms with Crippen molar-refractivity contribution in [2.75, 3.05) is 6.61 Å². The second-order valence-corrected chi connectivity index (χ2v) is 2.86. The number of aromatic nitrogens is 2. The molecule has 86 valence electrons. The molecule has 0 spiro atoms. The summed E-state index contributed by atoms with van der Waals surface area (Å²) in [4.78, 5) is 4.25. The van der Waals surface area contributed by atoms with Gasteiger partial charge in [0.25, 0.3) is 0 Å². The Balaban J connectivity index is 2.26. The van der Waals surface area contributed by atoms with Crippen LogP contribution in [0.3, 0.4) is 0 Å². The van der Waals surface area contributed by atoms with Crippen molar-refractivity contribution in [2.45, 2.75) is 26.2 Å². The lowest BCUT2D eigenvalue weighted by Gasteiger charge is -2.09. The number of nitrogens with one attached hydrogen (secondary N) is 1. The van der Waals surface area contributed by atoms with E-state index in [9.17, 15) is 13.2 Å². The lowest BCUT2D eigenvalue weighted by atomic mass is 10.4. The molecule has 1 rings (SSSR count). The van der Waals surface area contributed by atoms with Gasteiger partial charge in [-0.05, 0) is 13.0 Å². The fourth-order valence-corrected chi connectivity index (χ4v) is 1.05. The van der Waals surface area contributed by atoms with E-state index in [0.717, 1.165) is 5.69 Å². The van der Waals surface area contributed by atoms with Gasteiger partial charge in [0.1, 0.15) is 0 Å². The van der Waals surface area contributed by atoms with Crippen LogP contribution in [0.1, 0.15) is 12.6 Å². The highest BCUT2D eigenvalue weighted by Gasteiger charge is 2.27. The van der Waals surface area contributed by atoms with Crippen LogP contribution in [-0.4, -0.2) is 22.6 Å². The van der Waals surface area contributed by atoms with Crippen molar-refractivity contribution >= 4 is 0 Å². The molecule has 0 fully saturated rings. The van der Waals surface area contributed by atoms with Crippen molar-refractivity contribution in [3.05, 3.63) is 18.0 Å². The number of halogens is 3. The Labute approximate surface area is 85.0 Å². The normalized spacial score (nSPS) is 12.0. The van der Waals surface area contributed by atoms with Gasteiger partial charge in [0, 0.05) is 12.7 Å². The zero-order chi connectivity index (χ0) is 11.3. The predicted octanol–water partition coefficient (Wildman–Crippen LogP) is 1.49.